The van der Waals surface area contributed by atoms with Gasteiger partial charge < -0.3 is 0 Å². The summed E-state index contributed by atoms with van der Waals surface area (Å²) in [6.07, 6.45) is 1.47. The maximum absolute atomic E-state index is 12.3. The van der Waals surface area contributed by atoms with Crippen molar-refractivity contribution in [2.45, 2.75) is 0 Å². The van der Waals surface area contributed by atoms with Crippen LogP contribution in [0.4, 0.5) is 5.69 Å². The summed E-state index contributed by atoms with van der Waals surface area (Å²) in [6.45, 7) is 0. The molecule has 0 saturated carbocycles. The number of nitrogens with zero attached hydrogens (tertiary/aromatic N) is 3. The highest BCUT2D eigenvalue weighted by atomic mass is 79.9. The second kappa shape index (κ2) is 4.54. The number of benzene rings is 1. The van der Waals surface area contributed by atoms with Gasteiger partial charge in [-0.2, -0.15) is 5.26 Å². The van der Waals surface area contributed by atoms with E-state index in [1.165, 1.54) is 6.20 Å². The van der Waals surface area contributed by atoms with E-state index in [0.29, 0.717) is 15.7 Å². The second-order valence-corrected chi connectivity index (χ2v) is 4.98. The van der Waals surface area contributed by atoms with Gasteiger partial charge in [0.15, 0.2) is 0 Å². The van der Waals surface area contributed by atoms with Crippen LogP contribution in [0.25, 0.3) is 0 Å². The van der Waals surface area contributed by atoms with Crippen molar-refractivity contribution in [3.05, 3.63) is 57.8 Å². The largest absolute Gasteiger partial charge is 0.284 e. The van der Waals surface area contributed by atoms with Gasteiger partial charge >= 0.3 is 0 Å². The number of pyridine rings is 1. The number of carbonyl (C=O) groups excluding carboxylic acids is 2. The molecule has 2 amide bonds. The number of anilines is 1. The fourth-order valence-electron chi connectivity index (χ4n) is 2.04. The number of aromatic nitrogens is 1. The third-order valence-corrected chi connectivity index (χ3v) is 3.60. The topological polar surface area (TPSA) is 74.1 Å². The Hall–Kier alpha value is -2.52. The van der Waals surface area contributed by atoms with E-state index in [0.717, 1.165) is 4.90 Å². The Morgan fingerprint density at radius 2 is 2.00 bits per heavy atom. The van der Waals surface area contributed by atoms with Crippen molar-refractivity contribution in [1.82, 2.24) is 4.98 Å². The molecule has 0 saturated heterocycles. The molecule has 0 fully saturated rings. The number of nitriles is 1. The smallest absolute Gasteiger partial charge is 0.268 e. The Labute approximate surface area is 122 Å². The van der Waals surface area contributed by atoms with Crippen LogP contribution < -0.4 is 4.90 Å². The van der Waals surface area contributed by atoms with Crippen LogP contribution in [-0.4, -0.2) is 16.8 Å². The van der Waals surface area contributed by atoms with E-state index >= 15 is 0 Å². The molecule has 0 N–H and O–H groups in total. The van der Waals surface area contributed by atoms with Crippen molar-refractivity contribution < 1.29 is 9.59 Å². The van der Waals surface area contributed by atoms with Gasteiger partial charge in [0, 0.05) is 10.7 Å². The standard InChI is InChI=1S/C14H6BrN3O2/c15-10-6-8(7-16)3-4-11(10)18-13(19)9-2-1-5-17-12(9)14(18)20/h1-6H. The average Bonchev–Trinajstić information content (AvgIpc) is 2.72. The lowest BCUT2D eigenvalue weighted by Gasteiger charge is -2.15. The molecule has 2 heterocycles. The van der Waals surface area contributed by atoms with Crippen molar-refractivity contribution in [2.24, 2.45) is 0 Å². The van der Waals surface area contributed by atoms with Crippen molar-refractivity contribution in [3.63, 3.8) is 0 Å². The Balaban J connectivity index is 2.12. The van der Waals surface area contributed by atoms with Gasteiger partial charge in [-0.05, 0) is 46.3 Å². The molecule has 5 nitrogen and oxygen atoms in total. The lowest BCUT2D eigenvalue weighted by atomic mass is 10.2. The van der Waals surface area contributed by atoms with E-state index in [2.05, 4.69) is 20.9 Å². The van der Waals surface area contributed by atoms with Crippen molar-refractivity contribution in [3.8, 4) is 6.07 Å². The first-order chi connectivity index (χ1) is 9.63. The van der Waals surface area contributed by atoms with Gasteiger partial charge in [-0.3, -0.25) is 14.6 Å². The normalized spacial score (nSPS) is 13.3. The lowest BCUT2D eigenvalue weighted by molar-refractivity contribution is 0.0924. The first kappa shape index (κ1) is 12.5. The molecular weight excluding hydrogens is 322 g/mol. The van der Waals surface area contributed by atoms with Gasteiger partial charge in [0.05, 0.1) is 22.9 Å². The summed E-state index contributed by atoms with van der Waals surface area (Å²) >= 11 is 3.28. The van der Waals surface area contributed by atoms with E-state index in [-0.39, 0.29) is 11.3 Å². The van der Waals surface area contributed by atoms with Gasteiger partial charge in [0.2, 0.25) is 0 Å². The van der Waals surface area contributed by atoms with Crippen molar-refractivity contribution in [2.75, 3.05) is 4.90 Å². The molecule has 1 aromatic heterocycles. The zero-order valence-electron chi connectivity index (χ0n) is 10.0. The first-order valence-electron chi connectivity index (χ1n) is 5.67. The molecule has 6 heteroatoms. The molecule has 0 unspecified atom stereocenters. The minimum atomic E-state index is -0.462. The zero-order valence-corrected chi connectivity index (χ0v) is 11.6. The van der Waals surface area contributed by atoms with Crippen LogP contribution in [0.15, 0.2) is 41.0 Å². The maximum Gasteiger partial charge on any atom is 0.284 e. The van der Waals surface area contributed by atoms with Crippen molar-refractivity contribution in [1.29, 1.82) is 5.26 Å². The Morgan fingerprint density at radius 3 is 2.65 bits per heavy atom. The first-order valence-corrected chi connectivity index (χ1v) is 6.46. The molecule has 1 aliphatic rings. The zero-order chi connectivity index (χ0) is 14.3. The predicted octanol–water partition coefficient (Wildman–Crippen LogP) is 2.52. The summed E-state index contributed by atoms with van der Waals surface area (Å²) in [4.78, 5) is 29.6. The number of rotatable bonds is 1. The third-order valence-electron chi connectivity index (χ3n) is 2.96. The average molecular weight is 328 g/mol. The monoisotopic (exact) mass is 327 g/mol. The number of halogens is 1. The SMILES string of the molecule is N#Cc1ccc(N2C(=O)c3cccnc3C2=O)c(Br)c1. The highest BCUT2D eigenvalue weighted by molar-refractivity contribution is 9.10. The van der Waals surface area contributed by atoms with Crippen molar-refractivity contribution >= 4 is 33.4 Å². The molecule has 0 radical (unpaired) electrons. The quantitative estimate of drug-likeness (QED) is 0.754. The maximum atomic E-state index is 12.3. The number of amides is 2. The third kappa shape index (κ3) is 1.72. The molecule has 2 aromatic rings. The lowest BCUT2D eigenvalue weighted by Crippen LogP contribution is -2.29. The van der Waals surface area contributed by atoms with E-state index in [4.69, 9.17) is 5.26 Å². The van der Waals surface area contributed by atoms with E-state index in [1.807, 2.05) is 6.07 Å². The number of imide groups is 1. The summed E-state index contributed by atoms with van der Waals surface area (Å²) in [5.74, 6) is -0.875. The van der Waals surface area contributed by atoms with Gasteiger partial charge in [0.1, 0.15) is 5.69 Å². The van der Waals surface area contributed by atoms with E-state index in [1.54, 1.807) is 30.3 Å². The number of hydrogen-bond acceptors (Lipinski definition) is 4. The Morgan fingerprint density at radius 1 is 1.20 bits per heavy atom. The van der Waals surface area contributed by atoms with Crippen LogP contribution >= 0.6 is 15.9 Å². The fraction of sp³-hybridized carbons (Fsp3) is 0. The highest BCUT2D eigenvalue weighted by Gasteiger charge is 2.38. The summed E-state index contributed by atoms with van der Waals surface area (Å²) < 4.78 is 0.506. The molecule has 96 valence electrons. The Kier molecular flexibility index (Phi) is 2.84. The van der Waals surface area contributed by atoms with Crippen LogP contribution in [0.3, 0.4) is 0 Å². The number of fused-ring (bicyclic) bond motifs is 1. The van der Waals surface area contributed by atoms with Gasteiger partial charge in [0.25, 0.3) is 11.8 Å². The van der Waals surface area contributed by atoms with Crippen LogP contribution in [0.2, 0.25) is 0 Å². The van der Waals surface area contributed by atoms with Gasteiger partial charge in [-0.15, -0.1) is 0 Å². The highest BCUT2D eigenvalue weighted by Crippen LogP contribution is 2.33. The fourth-order valence-corrected chi connectivity index (χ4v) is 2.60. The van der Waals surface area contributed by atoms with Crippen LogP contribution in [0.5, 0.6) is 0 Å². The van der Waals surface area contributed by atoms with Crippen LogP contribution in [0.1, 0.15) is 26.4 Å². The molecule has 0 spiro atoms. The molecule has 0 aliphatic carbocycles. The number of carbonyl (C=O) groups is 2. The number of hydrogen-bond donors (Lipinski definition) is 0. The minimum absolute atomic E-state index is 0.147. The summed E-state index contributed by atoms with van der Waals surface area (Å²) in [7, 11) is 0. The molecule has 1 aromatic carbocycles. The summed E-state index contributed by atoms with van der Waals surface area (Å²) in [6, 6.07) is 9.85. The minimum Gasteiger partial charge on any atom is -0.268 e. The van der Waals surface area contributed by atoms with Gasteiger partial charge in [-0.25, -0.2) is 4.90 Å². The molecular formula is C14H6BrN3O2. The molecule has 1 aliphatic heterocycles. The molecule has 20 heavy (non-hydrogen) atoms. The molecule has 3 rings (SSSR count). The second-order valence-electron chi connectivity index (χ2n) is 4.12. The van der Waals surface area contributed by atoms with Crippen LogP contribution in [0, 0.1) is 11.3 Å². The van der Waals surface area contributed by atoms with E-state index < -0.39 is 11.8 Å². The summed E-state index contributed by atoms with van der Waals surface area (Å²) in [5, 5.41) is 8.84. The van der Waals surface area contributed by atoms with Gasteiger partial charge in [-0.1, -0.05) is 0 Å². The summed E-state index contributed by atoms with van der Waals surface area (Å²) in [5.41, 5.74) is 1.27. The molecule has 0 bridgehead atoms. The molecule has 0 atom stereocenters. The predicted molar refractivity (Wildman–Crippen MR) is 74.2 cm³/mol. The Bertz CT molecular complexity index is 760. The van der Waals surface area contributed by atoms with E-state index in [9.17, 15) is 9.59 Å². The van der Waals surface area contributed by atoms with Crippen LogP contribution in [-0.2, 0) is 0 Å².